The number of hydrogen-bond acceptors (Lipinski definition) is 4. The first kappa shape index (κ1) is 20.4. The van der Waals surface area contributed by atoms with Crippen LogP contribution >= 0.6 is 28.3 Å². The van der Waals surface area contributed by atoms with Crippen LogP contribution in [0.1, 0.15) is 25.7 Å². The van der Waals surface area contributed by atoms with Crippen molar-refractivity contribution in [2.24, 2.45) is 5.73 Å². The maximum Gasteiger partial charge on any atom is 0.222 e. The van der Waals surface area contributed by atoms with E-state index in [-0.39, 0.29) is 36.5 Å². The molecule has 1 heterocycles. The lowest BCUT2D eigenvalue weighted by atomic mass is 10.1. The number of likely N-dealkylation sites (tertiary alicyclic amines) is 1. The lowest BCUT2D eigenvalue weighted by Crippen LogP contribution is -2.45. The van der Waals surface area contributed by atoms with Gasteiger partial charge in [0.1, 0.15) is 0 Å². The van der Waals surface area contributed by atoms with Crippen LogP contribution in [0.3, 0.4) is 0 Å². The zero-order valence-electron chi connectivity index (χ0n) is 12.8. The van der Waals surface area contributed by atoms with Gasteiger partial charge in [0.2, 0.25) is 5.91 Å². The summed E-state index contributed by atoms with van der Waals surface area (Å²) in [5.41, 5.74) is 5.86. The molecule has 5 nitrogen and oxygen atoms in total. The first-order valence-corrected chi connectivity index (χ1v) is 9.85. The maximum atomic E-state index is 12.2. The van der Waals surface area contributed by atoms with E-state index >= 15 is 0 Å². The van der Waals surface area contributed by atoms with Crippen LogP contribution in [0.2, 0.25) is 0 Å². The van der Waals surface area contributed by atoms with Crippen molar-refractivity contribution >= 4 is 44.1 Å². The van der Waals surface area contributed by atoms with Gasteiger partial charge in [0.15, 0.2) is 9.84 Å². The predicted octanol–water partition coefficient (Wildman–Crippen LogP) is 2.37. The molecule has 2 N–H and O–H groups in total. The second-order valence-corrected chi connectivity index (χ2v) is 8.64. The number of benzene rings is 1. The number of carbonyl (C=O) groups is 1. The minimum atomic E-state index is -3.33. The van der Waals surface area contributed by atoms with E-state index in [2.05, 4.69) is 15.9 Å². The highest BCUT2D eigenvalue weighted by molar-refractivity contribution is 9.10. The number of nitrogens with two attached hydrogens (primary N) is 1. The number of sulfone groups is 1. The van der Waals surface area contributed by atoms with Gasteiger partial charge in [-0.25, -0.2) is 8.42 Å². The molecule has 1 aromatic carbocycles. The van der Waals surface area contributed by atoms with Gasteiger partial charge in [-0.1, -0.05) is 15.9 Å². The van der Waals surface area contributed by atoms with Gasteiger partial charge >= 0.3 is 0 Å². The lowest BCUT2D eigenvalue weighted by molar-refractivity contribution is -0.132. The fourth-order valence-electron chi connectivity index (χ4n) is 2.57. The van der Waals surface area contributed by atoms with Gasteiger partial charge in [0.25, 0.3) is 0 Å². The molecule has 8 heteroatoms. The number of rotatable bonds is 5. The summed E-state index contributed by atoms with van der Waals surface area (Å²) in [7, 11) is -3.33. The Morgan fingerprint density at radius 3 is 2.57 bits per heavy atom. The number of hydrogen-bond donors (Lipinski definition) is 1. The van der Waals surface area contributed by atoms with Gasteiger partial charge in [-0.3, -0.25) is 4.79 Å². The Balaban J connectivity index is 0.00000264. The van der Waals surface area contributed by atoms with Crippen molar-refractivity contribution in [1.29, 1.82) is 0 Å². The highest BCUT2D eigenvalue weighted by atomic mass is 79.9. The van der Waals surface area contributed by atoms with E-state index in [0.717, 1.165) is 23.9 Å². The molecular formula is C15H22BrClN2O3S. The van der Waals surface area contributed by atoms with Crippen molar-refractivity contribution < 1.29 is 13.2 Å². The average molecular weight is 426 g/mol. The van der Waals surface area contributed by atoms with Gasteiger partial charge < -0.3 is 10.6 Å². The Labute approximate surface area is 152 Å². The molecule has 0 bridgehead atoms. The van der Waals surface area contributed by atoms with E-state index in [1.165, 1.54) is 0 Å². The van der Waals surface area contributed by atoms with Crippen molar-refractivity contribution in [3.63, 3.8) is 0 Å². The van der Waals surface area contributed by atoms with Gasteiger partial charge in [0, 0.05) is 30.0 Å². The third-order valence-corrected chi connectivity index (χ3v) is 6.13. The summed E-state index contributed by atoms with van der Waals surface area (Å²) in [6.45, 7) is 1.31. The molecule has 0 aromatic heterocycles. The molecule has 130 valence electrons. The molecule has 1 saturated heterocycles. The van der Waals surface area contributed by atoms with Crippen molar-refractivity contribution in [1.82, 2.24) is 4.90 Å². The van der Waals surface area contributed by atoms with E-state index < -0.39 is 9.84 Å². The minimum absolute atomic E-state index is 0. The third-order valence-electron chi connectivity index (χ3n) is 3.79. The van der Waals surface area contributed by atoms with Crippen LogP contribution in [-0.2, 0) is 14.6 Å². The normalized spacial score (nSPS) is 18.3. The molecule has 1 unspecified atom stereocenters. The van der Waals surface area contributed by atoms with Crippen molar-refractivity contribution in [2.45, 2.75) is 36.6 Å². The Morgan fingerprint density at radius 1 is 1.30 bits per heavy atom. The second kappa shape index (κ2) is 9.01. The van der Waals surface area contributed by atoms with E-state index in [1.54, 1.807) is 29.2 Å². The molecule has 23 heavy (non-hydrogen) atoms. The fraction of sp³-hybridized carbons (Fsp3) is 0.533. The van der Waals surface area contributed by atoms with Gasteiger partial charge in [-0.05, 0) is 43.5 Å². The summed E-state index contributed by atoms with van der Waals surface area (Å²) >= 11 is 3.28. The lowest BCUT2D eigenvalue weighted by Gasteiger charge is -2.30. The van der Waals surface area contributed by atoms with Crippen LogP contribution in [0.25, 0.3) is 0 Å². The van der Waals surface area contributed by atoms with Crippen LogP contribution in [0, 0.1) is 0 Å². The first-order chi connectivity index (χ1) is 10.4. The summed E-state index contributed by atoms with van der Waals surface area (Å²) in [5.74, 6) is -0.0126. The summed E-state index contributed by atoms with van der Waals surface area (Å²) in [5, 5.41) is 0. The first-order valence-electron chi connectivity index (χ1n) is 7.40. The predicted molar refractivity (Wildman–Crippen MR) is 96.5 cm³/mol. The third kappa shape index (κ3) is 6.06. The van der Waals surface area contributed by atoms with Crippen LogP contribution in [0.5, 0.6) is 0 Å². The number of carbonyl (C=O) groups excluding carboxylic acids is 1. The largest absolute Gasteiger partial charge is 0.341 e. The molecule has 1 atom stereocenters. The highest BCUT2D eigenvalue weighted by Gasteiger charge is 2.22. The van der Waals surface area contributed by atoms with E-state index in [4.69, 9.17) is 5.73 Å². The minimum Gasteiger partial charge on any atom is -0.341 e. The van der Waals surface area contributed by atoms with Crippen molar-refractivity contribution in [3.8, 4) is 0 Å². The number of halogens is 2. The number of piperidine rings is 1. The smallest absolute Gasteiger partial charge is 0.222 e. The maximum absolute atomic E-state index is 12.2. The van der Waals surface area contributed by atoms with Gasteiger partial charge in [-0.15, -0.1) is 12.4 Å². The van der Waals surface area contributed by atoms with Crippen molar-refractivity contribution in [2.75, 3.05) is 18.8 Å². The fourth-order valence-corrected chi connectivity index (χ4v) is 4.14. The molecule has 0 saturated carbocycles. The Kier molecular flexibility index (Phi) is 8.00. The van der Waals surface area contributed by atoms with E-state index in [1.807, 2.05) is 0 Å². The number of nitrogens with zero attached hydrogens (tertiary/aromatic N) is 1. The van der Waals surface area contributed by atoms with Crippen LogP contribution in [0.15, 0.2) is 33.6 Å². The highest BCUT2D eigenvalue weighted by Crippen LogP contribution is 2.17. The molecule has 1 aromatic rings. The topological polar surface area (TPSA) is 80.5 Å². The molecule has 2 rings (SSSR count). The molecule has 0 spiro atoms. The molecule has 1 amide bonds. The van der Waals surface area contributed by atoms with Crippen LogP contribution in [0.4, 0.5) is 0 Å². The second-order valence-electron chi connectivity index (χ2n) is 5.62. The zero-order chi connectivity index (χ0) is 16.2. The molecular weight excluding hydrogens is 404 g/mol. The molecule has 0 aliphatic carbocycles. The zero-order valence-corrected chi connectivity index (χ0v) is 16.0. The average Bonchev–Trinajstić information content (AvgIpc) is 2.47. The number of amides is 1. The molecule has 0 radical (unpaired) electrons. The van der Waals surface area contributed by atoms with E-state index in [0.29, 0.717) is 17.9 Å². The summed E-state index contributed by atoms with van der Waals surface area (Å²) in [6, 6.07) is 6.60. The molecule has 1 aliphatic heterocycles. The quantitative estimate of drug-likeness (QED) is 0.785. The summed E-state index contributed by atoms with van der Waals surface area (Å²) < 4.78 is 25.2. The van der Waals surface area contributed by atoms with Gasteiger partial charge in [-0.2, -0.15) is 0 Å². The van der Waals surface area contributed by atoms with Crippen molar-refractivity contribution in [3.05, 3.63) is 28.7 Å². The monoisotopic (exact) mass is 424 g/mol. The Morgan fingerprint density at radius 2 is 1.96 bits per heavy atom. The van der Waals surface area contributed by atoms with Crippen LogP contribution < -0.4 is 5.73 Å². The van der Waals surface area contributed by atoms with E-state index in [9.17, 15) is 13.2 Å². The summed E-state index contributed by atoms with van der Waals surface area (Å²) in [4.78, 5) is 14.1. The Hall–Kier alpha value is -0.630. The Bertz CT molecular complexity index is 622. The summed E-state index contributed by atoms with van der Waals surface area (Å²) in [6.07, 6.45) is 2.46. The SMILES string of the molecule is Cl.NC1CCCN(C(=O)CCCS(=O)(=O)c2ccc(Br)cc2)C1. The van der Waals surface area contributed by atoms with Crippen LogP contribution in [-0.4, -0.2) is 44.1 Å². The molecule has 1 aliphatic rings. The standard InChI is InChI=1S/C15H21BrN2O3S.ClH/c16-12-5-7-14(8-6-12)22(20,21)10-2-4-15(19)18-9-1-3-13(17)11-18;/h5-8,13H,1-4,9-11,17H2;1H. The molecule has 1 fully saturated rings. The van der Waals surface area contributed by atoms with Gasteiger partial charge in [0.05, 0.1) is 10.6 Å².